The van der Waals surface area contributed by atoms with Crippen molar-refractivity contribution in [1.82, 2.24) is 0 Å². The first-order valence-corrected chi connectivity index (χ1v) is 14.7. The highest BCUT2D eigenvalue weighted by atomic mass is 35.5. The monoisotopic (exact) mass is 556 g/mol. The molecule has 0 radical (unpaired) electrons. The van der Waals surface area contributed by atoms with Crippen LogP contribution < -0.4 is 14.4 Å². The highest BCUT2D eigenvalue weighted by molar-refractivity contribution is 8.16. The fourth-order valence-electron chi connectivity index (χ4n) is 4.48. The maximum absolute atomic E-state index is 13.0. The van der Waals surface area contributed by atoms with Gasteiger partial charge in [-0.05, 0) is 60.5 Å². The highest BCUT2D eigenvalue weighted by Gasteiger charge is 2.50. The fraction of sp³-hybridized carbons (Fsp3) is 0.259. The van der Waals surface area contributed by atoms with Crippen LogP contribution in [0, 0.1) is 6.92 Å². The zero-order valence-corrected chi connectivity index (χ0v) is 22.6. The number of ether oxygens (including phenoxy) is 2. The lowest BCUT2D eigenvalue weighted by molar-refractivity contribution is -0.117. The zero-order chi connectivity index (χ0) is 26.2. The first kappa shape index (κ1) is 25.6. The predicted octanol–water partition coefficient (Wildman–Crippen LogP) is 5.29. The summed E-state index contributed by atoms with van der Waals surface area (Å²) < 4.78 is 36.4. The number of amides is 1. The third kappa shape index (κ3) is 5.79. The van der Waals surface area contributed by atoms with Crippen molar-refractivity contribution in [3.05, 3.63) is 82.9 Å². The van der Waals surface area contributed by atoms with E-state index in [1.165, 1.54) is 11.8 Å². The third-order valence-corrected chi connectivity index (χ3v) is 9.64. The van der Waals surface area contributed by atoms with Crippen LogP contribution in [0.25, 0.3) is 0 Å². The van der Waals surface area contributed by atoms with Crippen LogP contribution in [0.15, 0.2) is 71.7 Å². The summed E-state index contributed by atoms with van der Waals surface area (Å²) in [5, 5.41) is 0.660. The van der Waals surface area contributed by atoms with E-state index in [0.717, 1.165) is 11.1 Å². The van der Waals surface area contributed by atoms with E-state index in [9.17, 15) is 13.2 Å². The van der Waals surface area contributed by atoms with Crippen molar-refractivity contribution >= 4 is 50.0 Å². The molecular weight excluding hydrogens is 532 g/mol. The van der Waals surface area contributed by atoms with Gasteiger partial charge in [-0.25, -0.2) is 8.42 Å². The van der Waals surface area contributed by atoms with E-state index >= 15 is 0 Å². The van der Waals surface area contributed by atoms with Crippen LogP contribution >= 0.6 is 23.4 Å². The molecule has 5 rings (SSSR count). The quantitative estimate of drug-likeness (QED) is 0.407. The predicted molar refractivity (Wildman–Crippen MR) is 148 cm³/mol. The first-order valence-electron chi connectivity index (χ1n) is 11.7. The van der Waals surface area contributed by atoms with Crippen LogP contribution in [0.1, 0.15) is 11.1 Å². The highest BCUT2D eigenvalue weighted by Crippen LogP contribution is 2.45. The summed E-state index contributed by atoms with van der Waals surface area (Å²) in [4.78, 5) is 19.2. The Bertz CT molecular complexity index is 1470. The lowest BCUT2D eigenvalue weighted by Crippen LogP contribution is -2.38. The number of carbonyl (C=O) groups is 1. The largest absolute Gasteiger partial charge is 0.497 e. The molecule has 0 bridgehead atoms. The molecule has 3 aromatic carbocycles. The van der Waals surface area contributed by atoms with Crippen molar-refractivity contribution in [1.29, 1.82) is 0 Å². The minimum absolute atomic E-state index is 0.0269. The number of hydrogen-bond donors (Lipinski definition) is 0. The maximum Gasteiger partial charge on any atom is 0.252 e. The zero-order valence-electron chi connectivity index (χ0n) is 20.3. The Kier molecular flexibility index (Phi) is 7.20. The second kappa shape index (κ2) is 10.4. The molecule has 1 amide bonds. The van der Waals surface area contributed by atoms with Crippen LogP contribution in [0.5, 0.6) is 17.2 Å². The molecule has 2 saturated heterocycles. The Morgan fingerprint density at radius 1 is 1.08 bits per heavy atom. The molecule has 0 spiro atoms. The maximum atomic E-state index is 13.0. The van der Waals surface area contributed by atoms with Crippen molar-refractivity contribution in [2.75, 3.05) is 23.5 Å². The molecule has 2 fully saturated rings. The van der Waals surface area contributed by atoms with Gasteiger partial charge in [-0.3, -0.25) is 4.79 Å². The van der Waals surface area contributed by atoms with Crippen LogP contribution in [0.4, 0.5) is 5.69 Å². The van der Waals surface area contributed by atoms with Crippen LogP contribution in [-0.4, -0.2) is 49.4 Å². The summed E-state index contributed by atoms with van der Waals surface area (Å²) in [6.45, 7) is 1.97. The first-order chi connectivity index (χ1) is 17.7. The minimum Gasteiger partial charge on any atom is -0.497 e. The number of amidine groups is 1. The van der Waals surface area contributed by atoms with Gasteiger partial charge in [-0.2, -0.15) is 4.99 Å². The van der Waals surface area contributed by atoms with Gasteiger partial charge in [0.15, 0.2) is 20.8 Å². The third-order valence-electron chi connectivity index (χ3n) is 6.20. The van der Waals surface area contributed by atoms with E-state index in [1.807, 2.05) is 48.2 Å². The molecule has 2 aliphatic rings. The van der Waals surface area contributed by atoms with E-state index in [1.54, 1.807) is 37.4 Å². The van der Waals surface area contributed by atoms with Gasteiger partial charge in [0.2, 0.25) is 0 Å². The lowest BCUT2D eigenvalue weighted by Gasteiger charge is -2.27. The number of rotatable bonds is 6. The molecule has 192 valence electrons. The molecular formula is C27H25ClN2O5S2. The minimum atomic E-state index is -3.23. The van der Waals surface area contributed by atoms with Gasteiger partial charge in [0, 0.05) is 10.3 Å². The van der Waals surface area contributed by atoms with Gasteiger partial charge in [0.1, 0.15) is 11.5 Å². The van der Waals surface area contributed by atoms with E-state index in [0.29, 0.717) is 33.1 Å². The Morgan fingerprint density at radius 3 is 2.59 bits per heavy atom. The summed E-state index contributed by atoms with van der Waals surface area (Å²) >= 11 is 7.70. The van der Waals surface area contributed by atoms with Gasteiger partial charge in [0.25, 0.3) is 5.91 Å². The molecule has 37 heavy (non-hydrogen) atoms. The molecule has 0 aliphatic carbocycles. The Hall–Kier alpha value is -3.01. The number of benzene rings is 3. The number of sulfone groups is 1. The van der Waals surface area contributed by atoms with Crippen LogP contribution in [-0.2, 0) is 21.1 Å². The number of aryl methyl sites for hydroxylation is 1. The molecule has 3 aromatic rings. The molecule has 0 unspecified atom stereocenters. The van der Waals surface area contributed by atoms with Crippen molar-refractivity contribution < 1.29 is 22.7 Å². The molecule has 0 N–H and O–H groups in total. The summed E-state index contributed by atoms with van der Waals surface area (Å²) in [7, 11) is -1.64. The number of nitrogens with zero attached hydrogens (tertiary/aromatic N) is 2. The van der Waals surface area contributed by atoms with E-state index in [-0.39, 0.29) is 35.1 Å². The second-order valence-corrected chi connectivity index (χ2v) is 12.8. The number of anilines is 1. The number of halogens is 1. The molecule has 2 heterocycles. The van der Waals surface area contributed by atoms with E-state index in [4.69, 9.17) is 21.1 Å². The Labute approximate surface area is 225 Å². The van der Waals surface area contributed by atoms with Crippen LogP contribution in [0.3, 0.4) is 0 Å². The van der Waals surface area contributed by atoms with Gasteiger partial charge < -0.3 is 14.4 Å². The topological polar surface area (TPSA) is 85.3 Å². The van der Waals surface area contributed by atoms with Crippen molar-refractivity contribution in [2.45, 2.75) is 24.6 Å². The molecule has 0 saturated carbocycles. The molecule has 10 heteroatoms. The summed E-state index contributed by atoms with van der Waals surface area (Å²) in [6, 6.07) is 19.7. The average Bonchev–Trinajstić information content (AvgIpc) is 3.31. The summed E-state index contributed by atoms with van der Waals surface area (Å²) in [5.41, 5.74) is 2.42. The number of thioether (sulfide) groups is 1. The summed E-state index contributed by atoms with van der Waals surface area (Å²) in [5.74, 6) is 1.50. The number of hydrogen-bond acceptors (Lipinski definition) is 6. The molecule has 0 aromatic heterocycles. The van der Waals surface area contributed by atoms with Crippen molar-refractivity contribution in [3.63, 3.8) is 0 Å². The lowest BCUT2D eigenvalue weighted by atomic mass is 10.1. The molecule has 2 atom stereocenters. The van der Waals surface area contributed by atoms with Crippen LogP contribution in [0.2, 0.25) is 5.02 Å². The molecule has 7 nitrogen and oxygen atoms in total. The normalized spacial score (nSPS) is 21.2. The number of fused-ring (bicyclic) bond motifs is 1. The average molecular weight is 557 g/mol. The van der Waals surface area contributed by atoms with Gasteiger partial charge >= 0.3 is 0 Å². The van der Waals surface area contributed by atoms with Crippen molar-refractivity contribution in [3.8, 4) is 17.2 Å². The van der Waals surface area contributed by atoms with Gasteiger partial charge in [0.05, 0.1) is 36.8 Å². The van der Waals surface area contributed by atoms with E-state index < -0.39 is 9.84 Å². The number of carbonyl (C=O) groups excluding carboxylic acids is 1. The molecule has 2 aliphatic heterocycles. The Balaban J connectivity index is 1.50. The number of aliphatic imine (C=N–C) groups is 1. The number of methoxy groups -OCH3 is 1. The Morgan fingerprint density at radius 2 is 1.86 bits per heavy atom. The standard InChI is InChI=1S/C27H25ClN2O5S2/c1-17-4-3-5-21(12-17)35-24-11-8-19(28)14-22(24)30-23-15-37(32,33)16-25(23)36-27(30)29-26(31)13-18-6-9-20(34-2)10-7-18/h3-12,14,23,25H,13,15-16H2,1-2H3/t23-,25-/m0/s1. The van der Waals surface area contributed by atoms with E-state index in [2.05, 4.69) is 4.99 Å². The fourth-order valence-corrected chi connectivity index (χ4v) is 8.57. The summed E-state index contributed by atoms with van der Waals surface area (Å²) in [6.07, 6.45) is 0.109. The SMILES string of the molecule is COc1ccc(CC(=O)N=C2S[C@H]3CS(=O)(=O)C[C@@H]3N2c2cc(Cl)ccc2Oc2cccc(C)c2)cc1. The van der Waals surface area contributed by atoms with Gasteiger partial charge in [-0.1, -0.05) is 47.6 Å². The van der Waals surface area contributed by atoms with Crippen molar-refractivity contribution in [2.24, 2.45) is 4.99 Å². The van der Waals surface area contributed by atoms with Gasteiger partial charge in [-0.15, -0.1) is 0 Å². The second-order valence-electron chi connectivity index (χ2n) is 9.01. The smallest absolute Gasteiger partial charge is 0.252 e.